The van der Waals surface area contributed by atoms with Gasteiger partial charge in [-0.05, 0) is 75.7 Å². The van der Waals surface area contributed by atoms with Crippen LogP contribution in [0.15, 0.2) is 36.4 Å². The standard InChI is InChI=1S/C12H23NO2.C11H13N.C2H6/c1-10-5-7-11(8-6-10)13(2)9-3-4-12(14)15;1-2-4-10(5-3-1)11-6-8-12-9-7-11;1-2/h10-11H,3-9H2,1-2H3,(H,14,15);1-6,12H,7-9H2;1-2H3. The molecule has 3 rings (SSSR count). The van der Waals surface area contributed by atoms with E-state index in [9.17, 15) is 4.79 Å². The molecule has 0 atom stereocenters. The van der Waals surface area contributed by atoms with Gasteiger partial charge >= 0.3 is 5.97 Å². The van der Waals surface area contributed by atoms with Crippen LogP contribution < -0.4 is 5.32 Å². The Morgan fingerprint density at radius 2 is 1.79 bits per heavy atom. The first-order chi connectivity index (χ1) is 14.1. The number of hydrogen-bond donors (Lipinski definition) is 2. The maximum atomic E-state index is 10.4. The normalized spacial score (nSPS) is 21.2. The third kappa shape index (κ3) is 10.6. The molecule has 4 nitrogen and oxygen atoms in total. The summed E-state index contributed by atoms with van der Waals surface area (Å²) in [5, 5.41) is 11.9. The second-order valence-corrected chi connectivity index (χ2v) is 7.94. The van der Waals surface area contributed by atoms with Crippen LogP contribution in [0.4, 0.5) is 0 Å². The van der Waals surface area contributed by atoms with Crippen LogP contribution in [0.5, 0.6) is 0 Å². The van der Waals surface area contributed by atoms with Gasteiger partial charge in [0, 0.05) is 19.0 Å². The fourth-order valence-corrected chi connectivity index (χ4v) is 3.88. The molecule has 0 amide bonds. The molecular formula is C25H42N2O2. The summed E-state index contributed by atoms with van der Waals surface area (Å²) in [5.41, 5.74) is 2.85. The van der Waals surface area contributed by atoms with Gasteiger partial charge in [-0.3, -0.25) is 4.79 Å². The lowest BCUT2D eigenvalue weighted by molar-refractivity contribution is -0.137. The molecule has 0 unspecified atom stereocenters. The van der Waals surface area contributed by atoms with Crippen LogP contribution in [0.25, 0.3) is 5.57 Å². The average Bonchev–Trinajstić information content (AvgIpc) is 2.77. The molecule has 2 N–H and O–H groups in total. The molecule has 2 aliphatic rings. The Kier molecular flexibility index (Phi) is 13.3. The first-order valence-electron chi connectivity index (χ1n) is 11.4. The van der Waals surface area contributed by atoms with Gasteiger partial charge in [-0.15, -0.1) is 0 Å². The molecule has 164 valence electrons. The summed E-state index contributed by atoms with van der Waals surface area (Å²) < 4.78 is 0. The van der Waals surface area contributed by atoms with Crippen LogP contribution in [-0.4, -0.2) is 48.7 Å². The van der Waals surface area contributed by atoms with Crippen molar-refractivity contribution >= 4 is 11.5 Å². The summed E-state index contributed by atoms with van der Waals surface area (Å²) in [7, 11) is 2.13. The van der Waals surface area contributed by atoms with E-state index in [4.69, 9.17) is 5.11 Å². The number of nitrogens with one attached hydrogen (secondary N) is 1. The molecule has 1 fully saturated rings. The number of carboxylic acids is 1. The second-order valence-electron chi connectivity index (χ2n) is 7.94. The first-order valence-corrected chi connectivity index (χ1v) is 11.4. The Morgan fingerprint density at radius 3 is 2.34 bits per heavy atom. The Bertz CT molecular complexity index is 578. The fourth-order valence-electron chi connectivity index (χ4n) is 3.88. The maximum Gasteiger partial charge on any atom is 0.303 e. The molecule has 0 radical (unpaired) electrons. The van der Waals surface area contributed by atoms with Crippen molar-refractivity contribution in [1.29, 1.82) is 0 Å². The monoisotopic (exact) mass is 402 g/mol. The molecule has 1 saturated carbocycles. The quantitative estimate of drug-likeness (QED) is 0.664. The molecule has 0 spiro atoms. The van der Waals surface area contributed by atoms with Crippen LogP contribution in [-0.2, 0) is 4.79 Å². The highest BCUT2D eigenvalue weighted by atomic mass is 16.4. The maximum absolute atomic E-state index is 10.4. The molecule has 0 saturated heterocycles. The molecular weight excluding hydrogens is 360 g/mol. The summed E-state index contributed by atoms with van der Waals surface area (Å²) >= 11 is 0. The molecule has 0 aromatic heterocycles. The van der Waals surface area contributed by atoms with Crippen molar-refractivity contribution in [2.24, 2.45) is 5.92 Å². The Labute approximate surface area is 178 Å². The van der Waals surface area contributed by atoms with Gasteiger partial charge in [0.25, 0.3) is 0 Å². The SMILES string of the molecule is C1=C(c2ccccc2)CCNC1.CC.CC1CCC(N(C)CCCC(=O)O)CC1. The van der Waals surface area contributed by atoms with E-state index in [0.29, 0.717) is 12.5 Å². The minimum atomic E-state index is -0.680. The fraction of sp³-hybridized carbons (Fsp3) is 0.640. The predicted molar refractivity (Wildman–Crippen MR) is 124 cm³/mol. The van der Waals surface area contributed by atoms with Crippen LogP contribution >= 0.6 is 0 Å². The smallest absolute Gasteiger partial charge is 0.303 e. The Balaban J connectivity index is 0.000000272. The minimum absolute atomic E-state index is 0.299. The molecule has 4 heteroatoms. The highest BCUT2D eigenvalue weighted by Gasteiger charge is 2.21. The van der Waals surface area contributed by atoms with Gasteiger partial charge < -0.3 is 15.3 Å². The van der Waals surface area contributed by atoms with Gasteiger partial charge in [0.15, 0.2) is 0 Å². The zero-order valence-electron chi connectivity index (χ0n) is 19.0. The van der Waals surface area contributed by atoms with E-state index >= 15 is 0 Å². The number of rotatable bonds is 6. The van der Waals surface area contributed by atoms with Crippen molar-refractivity contribution in [3.8, 4) is 0 Å². The van der Waals surface area contributed by atoms with Crippen LogP contribution in [0.1, 0.15) is 71.3 Å². The van der Waals surface area contributed by atoms with Crippen LogP contribution in [0.2, 0.25) is 0 Å². The van der Waals surface area contributed by atoms with E-state index < -0.39 is 5.97 Å². The number of nitrogens with zero attached hydrogens (tertiary/aromatic N) is 1. The lowest BCUT2D eigenvalue weighted by atomic mass is 9.87. The van der Waals surface area contributed by atoms with Crippen molar-refractivity contribution in [1.82, 2.24) is 10.2 Å². The highest BCUT2D eigenvalue weighted by molar-refractivity contribution is 5.66. The van der Waals surface area contributed by atoms with Crippen molar-refractivity contribution in [2.75, 3.05) is 26.7 Å². The van der Waals surface area contributed by atoms with Crippen molar-refractivity contribution in [3.05, 3.63) is 42.0 Å². The van der Waals surface area contributed by atoms with Crippen molar-refractivity contribution in [3.63, 3.8) is 0 Å². The van der Waals surface area contributed by atoms with Crippen LogP contribution in [0, 0.1) is 5.92 Å². The predicted octanol–water partition coefficient (Wildman–Crippen LogP) is 5.45. The molecule has 0 bridgehead atoms. The van der Waals surface area contributed by atoms with Gasteiger partial charge in [-0.2, -0.15) is 0 Å². The first kappa shape index (κ1) is 25.4. The van der Waals surface area contributed by atoms with Gasteiger partial charge in [0.05, 0.1) is 0 Å². The van der Waals surface area contributed by atoms with Gasteiger partial charge in [-0.25, -0.2) is 0 Å². The van der Waals surface area contributed by atoms with E-state index in [2.05, 4.69) is 60.6 Å². The minimum Gasteiger partial charge on any atom is -0.481 e. The zero-order valence-corrected chi connectivity index (χ0v) is 19.0. The molecule has 1 heterocycles. The van der Waals surface area contributed by atoms with Gasteiger partial charge in [0.1, 0.15) is 0 Å². The average molecular weight is 403 g/mol. The summed E-state index contributed by atoms with van der Waals surface area (Å²) in [6, 6.07) is 11.3. The van der Waals surface area contributed by atoms with Gasteiger partial charge in [0.2, 0.25) is 0 Å². The van der Waals surface area contributed by atoms with Crippen molar-refractivity contribution in [2.45, 2.75) is 71.8 Å². The number of carbonyl (C=O) groups is 1. The molecule has 1 aliphatic heterocycles. The topological polar surface area (TPSA) is 52.6 Å². The van der Waals surface area contributed by atoms with Crippen LogP contribution in [0.3, 0.4) is 0 Å². The second kappa shape index (κ2) is 15.2. The summed E-state index contributed by atoms with van der Waals surface area (Å²) in [6.45, 7) is 9.37. The number of carboxylic acid groups (broad SMARTS) is 1. The Hall–Kier alpha value is -1.65. The Morgan fingerprint density at radius 1 is 1.14 bits per heavy atom. The summed E-state index contributed by atoms with van der Waals surface area (Å²) in [4.78, 5) is 12.7. The lowest BCUT2D eigenvalue weighted by Gasteiger charge is -2.33. The molecule has 29 heavy (non-hydrogen) atoms. The third-order valence-electron chi connectivity index (χ3n) is 5.72. The van der Waals surface area contributed by atoms with Gasteiger partial charge in [-0.1, -0.05) is 57.2 Å². The summed E-state index contributed by atoms with van der Waals surface area (Å²) in [5.74, 6) is 0.203. The molecule has 1 aliphatic carbocycles. The number of hydrogen-bond acceptors (Lipinski definition) is 3. The van der Waals surface area contributed by atoms with E-state index in [1.165, 1.54) is 36.8 Å². The van der Waals surface area contributed by atoms with E-state index in [1.54, 1.807) is 0 Å². The molecule has 1 aromatic rings. The van der Waals surface area contributed by atoms with Crippen molar-refractivity contribution < 1.29 is 9.90 Å². The largest absolute Gasteiger partial charge is 0.481 e. The van der Waals surface area contributed by atoms with E-state index in [1.807, 2.05) is 13.8 Å². The number of benzene rings is 1. The molecule has 1 aromatic carbocycles. The van der Waals surface area contributed by atoms with E-state index in [-0.39, 0.29) is 0 Å². The third-order valence-corrected chi connectivity index (χ3v) is 5.72. The van der Waals surface area contributed by atoms with E-state index in [0.717, 1.165) is 38.4 Å². The lowest BCUT2D eigenvalue weighted by Crippen LogP contribution is -2.35. The number of aliphatic carboxylic acids is 1. The highest BCUT2D eigenvalue weighted by Crippen LogP contribution is 2.26. The summed E-state index contributed by atoms with van der Waals surface area (Å²) in [6.07, 6.45) is 9.73. The zero-order chi connectivity index (χ0) is 21.5.